The van der Waals surface area contributed by atoms with Crippen LogP contribution in [0.5, 0.6) is 0 Å². The summed E-state index contributed by atoms with van der Waals surface area (Å²) in [5, 5.41) is 9.71. The van der Waals surface area contributed by atoms with E-state index in [0.717, 1.165) is 23.9 Å². The number of rotatable bonds is 8. The first kappa shape index (κ1) is 16.5. The second kappa shape index (κ2) is 7.02. The van der Waals surface area contributed by atoms with Crippen LogP contribution in [0.2, 0.25) is 18.1 Å². The third-order valence-electron chi connectivity index (χ3n) is 3.27. The molecule has 0 radical (unpaired) electrons. The summed E-state index contributed by atoms with van der Waals surface area (Å²) in [6, 6.07) is 3.36. The number of aliphatic hydroxyl groups is 1. The maximum atomic E-state index is 9.71. The molecule has 0 aliphatic rings. The minimum Gasteiger partial charge on any atom is -0.544 e. The van der Waals surface area contributed by atoms with Crippen LogP contribution in [0.1, 0.15) is 41.0 Å². The summed E-state index contributed by atoms with van der Waals surface area (Å²) in [5.41, 5.74) is -0.688. The summed E-state index contributed by atoms with van der Waals surface area (Å²) in [5.74, 6) is 0.837. The normalized spacial score (nSPS) is 13.6. The Labute approximate surface area is 108 Å². The minimum absolute atomic E-state index is 0.593. The smallest absolute Gasteiger partial charge is 0.250 e. The predicted molar refractivity (Wildman–Crippen MR) is 77.5 cm³/mol. The number of hydrogen-bond acceptors (Lipinski definition) is 2. The minimum atomic E-state index is -1.62. The van der Waals surface area contributed by atoms with E-state index in [0.29, 0.717) is 6.42 Å². The maximum absolute atomic E-state index is 9.71. The first-order valence-corrected chi connectivity index (χ1v) is 9.09. The van der Waals surface area contributed by atoms with Crippen molar-refractivity contribution in [1.82, 2.24) is 0 Å². The zero-order valence-electron chi connectivity index (χ0n) is 12.0. The van der Waals surface area contributed by atoms with E-state index in [4.69, 9.17) is 4.43 Å². The van der Waals surface area contributed by atoms with E-state index < -0.39 is 13.9 Å². The standard InChI is InChI=1S/C14H28O2Si/c1-7-13(11-12-14(5,6)15)16-17(8-2,9-3)10-4/h7,11,15H,1,8-10,12H2,2-6H3. The summed E-state index contributed by atoms with van der Waals surface area (Å²) in [4.78, 5) is 0. The molecular weight excluding hydrogens is 228 g/mol. The molecule has 0 unspecified atom stereocenters. The molecule has 0 spiro atoms. The zero-order valence-corrected chi connectivity index (χ0v) is 13.0. The van der Waals surface area contributed by atoms with Crippen molar-refractivity contribution in [3.05, 3.63) is 24.5 Å². The van der Waals surface area contributed by atoms with Gasteiger partial charge in [0.1, 0.15) is 0 Å². The summed E-state index contributed by atoms with van der Waals surface area (Å²) in [7, 11) is -1.62. The molecule has 0 aliphatic carbocycles. The van der Waals surface area contributed by atoms with Crippen molar-refractivity contribution in [1.29, 1.82) is 0 Å². The molecule has 0 aliphatic heterocycles. The van der Waals surface area contributed by atoms with Gasteiger partial charge in [-0.15, -0.1) is 0 Å². The third-order valence-corrected chi connectivity index (χ3v) is 7.81. The lowest BCUT2D eigenvalue weighted by Crippen LogP contribution is -2.35. The highest BCUT2D eigenvalue weighted by atomic mass is 28.4. The van der Waals surface area contributed by atoms with E-state index in [9.17, 15) is 5.11 Å². The fourth-order valence-electron chi connectivity index (χ4n) is 1.73. The molecule has 0 fully saturated rings. The summed E-state index contributed by atoms with van der Waals surface area (Å²) < 4.78 is 6.20. The van der Waals surface area contributed by atoms with Gasteiger partial charge in [-0.1, -0.05) is 27.4 Å². The van der Waals surface area contributed by atoms with Gasteiger partial charge in [0.25, 0.3) is 0 Å². The Morgan fingerprint density at radius 3 is 2.00 bits per heavy atom. The van der Waals surface area contributed by atoms with Crippen LogP contribution in [0.15, 0.2) is 24.5 Å². The quantitative estimate of drug-likeness (QED) is 0.400. The highest BCUT2D eigenvalue weighted by Crippen LogP contribution is 2.25. The highest BCUT2D eigenvalue weighted by molar-refractivity contribution is 6.73. The van der Waals surface area contributed by atoms with Crippen molar-refractivity contribution in [3.8, 4) is 0 Å². The summed E-state index contributed by atoms with van der Waals surface area (Å²) in [6.07, 6.45) is 4.31. The van der Waals surface area contributed by atoms with Gasteiger partial charge in [-0.25, -0.2) is 0 Å². The van der Waals surface area contributed by atoms with Crippen molar-refractivity contribution < 1.29 is 9.53 Å². The Morgan fingerprint density at radius 1 is 1.24 bits per heavy atom. The molecule has 100 valence electrons. The van der Waals surface area contributed by atoms with E-state index >= 15 is 0 Å². The Balaban J connectivity index is 4.74. The SMILES string of the molecule is C=CC(=CCC(C)(C)O)O[Si](CC)(CC)CC. The molecule has 0 aromatic rings. The van der Waals surface area contributed by atoms with Gasteiger partial charge in [-0.3, -0.25) is 0 Å². The second-order valence-electron chi connectivity index (χ2n) is 5.17. The lowest BCUT2D eigenvalue weighted by Gasteiger charge is -2.29. The van der Waals surface area contributed by atoms with Crippen LogP contribution in [0.4, 0.5) is 0 Å². The van der Waals surface area contributed by atoms with Crippen LogP contribution in [-0.4, -0.2) is 19.0 Å². The molecule has 0 amide bonds. The summed E-state index contributed by atoms with van der Waals surface area (Å²) in [6.45, 7) is 14.0. The maximum Gasteiger partial charge on any atom is 0.250 e. The van der Waals surface area contributed by atoms with E-state index in [1.807, 2.05) is 6.08 Å². The topological polar surface area (TPSA) is 29.5 Å². The van der Waals surface area contributed by atoms with Crippen molar-refractivity contribution in [2.75, 3.05) is 0 Å². The van der Waals surface area contributed by atoms with E-state index in [2.05, 4.69) is 27.4 Å². The molecule has 0 rings (SSSR count). The molecule has 17 heavy (non-hydrogen) atoms. The molecule has 2 nitrogen and oxygen atoms in total. The van der Waals surface area contributed by atoms with E-state index in [1.165, 1.54) is 0 Å². The molecule has 0 saturated carbocycles. The molecule has 0 aromatic heterocycles. The van der Waals surface area contributed by atoms with Crippen LogP contribution in [-0.2, 0) is 4.43 Å². The molecule has 0 saturated heterocycles. The van der Waals surface area contributed by atoms with Gasteiger partial charge in [0.2, 0.25) is 8.32 Å². The summed E-state index contributed by atoms with van der Waals surface area (Å²) >= 11 is 0. The first-order chi connectivity index (χ1) is 7.82. The molecular formula is C14H28O2Si. The fourth-order valence-corrected chi connectivity index (χ4v) is 4.33. The predicted octanol–water partition coefficient (Wildman–Crippen LogP) is 4.24. The Morgan fingerprint density at radius 2 is 1.71 bits per heavy atom. The first-order valence-electron chi connectivity index (χ1n) is 6.56. The average molecular weight is 256 g/mol. The monoisotopic (exact) mass is 256 g/mol. The van der Waals surface area contributed by atoms with E-state index in [-0.39, 0.29) is 0 Å². The Kier molecular flexibility index (Phi) is 6.79. The number of allylic oxidation sites excluding steroid dienone is 1. The Bertz CT molecular complexity index is 252. The molecule has 0 heterocycles. The van der Waals surface area contributed by atoms with E-state index in [1.54, 1.807) is 19.9 Å². The third kappa shape index (κ3) is 6.08. The number of hydrogen-bond donors (Lipinski definition) is 1. The van der Waals surface area contributed by atoms with Crippen LogP contribution in [0.25, 0.3) is 0 Å². The molecule has 1 N–H and O–H groups in total. The lowest BCUT2D eigenvalue weighted by molar-refractivity contribution is 0.0831. The van der Waals surface area contributed by atoms with Gasteiger partial charge in [-0.2, -0.15) is 0 Å². The highest BCUT2D eigenvalue weighted by Gasteiger charge is 2.30. The van der Waals surface area contributed by atoms with Crippen molar-refractivity contribution in [2.45, 2.75) is 64.8 Å². The van der Waals surface area contributed by atoms with Gasteiger partial charge in [0.15, 0.2) is 0 Å². The van der Waals surface area contributed by atoms with Crippen molar-refractivity contribution >= 4 is 8.32 Å². The second-order valence-corrected chi connectivity index (χ2v) is 9.86. The van der Waals surface area contributed by atoms with Crippen LogP contribution in [0, 0.1) is 0 Å². The fraction of sp³-hybridized carbons (Fsp3) is 0.714. The molecule has 0 bridgehead atoms. The van der Waals surface area contributed by atoms with Crippen LogP contribution < -0.4 is 0 Å². The van der Waals surface area contributed by atoms with Crippen LogP contribution >= 0.6 is 0 Å². The van der Waals surface area contributed by atoms with Gasteiger partial charge in [-0.05, 0) is 50.6 Å². The van der Waals surface area contributed by atoms with Gasteiger partial charge < -0.3 is 9.53 Å². The molecule has 0 aromatic carbocycles. The van der Waals surface area contributed by atoms with Crippen LogP contribution in [0.3, 0.4) is 0 Å². The van der Waals surface area contributed by atoms with Gasteiger partial charge in [0.05, 0.1) is 11.4 Å². The van der Waals surface area contributed by atoms with Gasteiger partial charge >= 0.3 is 0 Å². The average Bonchev–Trinajstić information content (AvgIpc) is 2.29. The lowest BCUT2D eigenvalue weighted by atomic mass is 10.1. The van der Waals surface area contributed by atoms with Crippen molar-refractivity contribution in [3.63, 3.8) is 0 Å². The molecule has 3 heteroatoms. The zero-order chi connectivity index (χ0) is 13.5. The van der Waals surface area contributed by atoms with Gasteiger partial charge in [0, 0.05) is 0 Å². The molecule has 0 atom stereocenters. The Hall–Kier alpha value is -0.543. The largest absolute Gasteiger partial charge is 0.544 e. The van der Waals surface area contributed by atoms with Crippen molar-refractivity contribution in [2.24, 2.45) is 0 Å².